The predicted molar refractivity (Wildman–Crippen MR) is 29.7 cm³/mol. The number of rotatable bonds is 0. The van der Waals surface area contributed by atoms with Gasteiger partial charge in [0.05, 0.1) is 13.8 Å². The van der Waals surface area contributed by atoms with E-state index in [-0.39, 0.29) is 11.8 Å². The van der Waals surface area contributed by atoms with Gasteiger partial charge in [-0.3, -0.25) is 0 Å². The molecule has 0 aromatic rings. The van der Waals surface area contributed by atoms with E-state index in [1.807, 2.05) is 0 Å². The molecule has 0 aliphatic heterocycles. The predicted octanol–water partition coefficient (Wildman–Crippen LogP) is -0.378. The van der Waals surface area contributed by atoms with Gasteiger partial charge in [0.2, 0.25) is 0 Å². The van der Waals surface area contributed by atoms with Gasteiger partial charge in [-0.1, -0.05) is 0 Å². The summed E-state index contributed by atoms with van der Waals surface area (Å²) >= 11 is 0. The number of aliphatic hydroxyl groups is 2. The Kier molecular flexibility index (Phi) is 1.14. The summed E-state index contributed by atoms with van der Waals surface area (Å²) in [5.74, 6) is -0.449. The van der Waals surface area contributed by atoms with Gasteiger partial charge in [0.25, 0.3) is 0 Å². The van der Waals surface area contributed by atoms with E-state index < -0.39 is 12.2 Å². The van der Waals surface area contributed by atoms with Crippen molar-refractivity contribution in [2.75, 3.05) is 0 Å². The van der Waals surface area contributed by atoms with Crippen LogP contribution in [0, 0.1) is 25.7 Å². The Balaban J connectivity index is 2.42. The highest BCUT2D eigenvalue weighted by Crippen LogP contribution is 2.32. The van der Waals surface area contributed by atoms with Crippen LogP contribution in [0.5, 0.6) is 0 Å². The van der Waals surface area contributed by atoms with Crippen LogP contribution in [-0.2, 0) is 0 Å². The Hall–Kier alpha value is -0.340. The second-order valence-corrected chi connectivity index (χ2v) is 2.31. The smallest absolute Gasteiger partial charge is 0.156 e. The monoisotopic (exact) mass is 114 g/mol. The van der Waals surface area contributed by atoms with Crippen molar-refractivity contribution in [3.05, 3.63) is 13.8 Å². The van der Waals surface area contributed by atoms with Gasteiger partial charge in [-0.05, 0) is 0 Å². The molecule has 2 heteroatoms. The minimum atomic E-state index is -0.495. The van der Waals surface area contributed by atoms with E-state index in [9.17, 15) is 0 Å². The molecule has 0 radical (unpaired) electrons. The maximum atomic E-state index is 8.87. The Bertz CT molecular complexity index is 60.5. The van der Waals surface area contributed by atoms with Gasteiger partial charge in [0.1, 0.15) is 12.2 Å². The van der Waals surface area contributed by atoms with E-state index in [0.29, 0.717) is 0 Å². The molecule has 0 unspecified atom stereocenters. The highest BCUT2D eigenvalue weighted by Gasteiger charge is 2.53. The SMILES string of the molecule is [CH2+]C1C(O)C([CH2+])C1O. The van der Waals surface area contributed by atoms with Gasteiger partial charge in [-0.2, -0.15) is 0 Å². The lowest BCUT2D eigenvalue weighted by molar-refractivity contribution is -0.113. The third-order valence-electron chi connectivity index (χ3n) is 1.75. The lowest BCUT2D eigenvalue weighted by atomic mass is 9.71. The Morgan fingerprint density at radius 2 is 1.12 bits per heavy atom. The molecule has 2 N–H and O–H groups in total. The molecule has 0 heterocycles. The third kappa shape index (κ3) is 0.501. The van der Waals surface area contributed by atoms with Crippen LogP contribution in [-0.4, -0.2) is 22.4 Å². The fraction of sp³-hybridized carbons (Fsp3) is 0.667. The Morgan fingerprint density at radius 3 is 1.25 bits per heavy atom. The summed E-state index contributed by atoms with van der Waals surface area (Å²) in [6, 6.07) is 0. The van der Waals surface area contributed by atoms with Crippen molar-refractivity contribution in [1.29, 1.82) is 0 Å². The van der Waals surface area contributed by atoms with Crippen LogP contribution in [0.25, 0.3) is 0 Å². The standard InChI is InChI=1S/C6H10O2/c1-3-5(7)4(2)6(3)8/h3-8H,1-2H2/q+2. The van der Waals surface area contributed by atoms with E-state index in [4.69, 9.17) is 10.2 Å². The fourth-order valence-corrected chi connectivity index (χ4v) is 0.894. The first-order valence-electron chi connectivity index (χ1n) is 2.67. The molecule has 0 atom stereocenters. The van der Waals surface area contributed by atoms with E-state index in [1.54, 1.807) is 0 Å². The molecular weight excluding hydrogens is 104 g/mol. The maximum absolute atomic E-state index is 8.87. The summed E-state index contributed by atoms with van der Waals surface area (Å²) in [7, 11) is 0. The minimum absolute atomic E-state index is 0.225. The number of aliphatic hydroxyl groups excluding tert-OH is 2. The Labute approximate surface area is 49.1 Å². The zero-order valence-corrected chi connectivity index (χ0v) is 4.62. The summed E-state index contributed by atoms with van der Waals surface area (Å²) in [6.45, 7) is 7.03. The first kappa shape index (κ1) is 5.79. The summed E-state index contributed by atoms with van der Waals surface area (Å²) < 4.78 is 0. The van der Waals surface area contributed by atoms with Gasteiger partial charge in [-0.15, -0.1) is 0 Å². The zero-order chi connectivity index (χ0) is 6.31. The quantitative estimate of drug-likeness (QED) is 0.421. The summed E-state index contributed by atoms with van der Waals surface area (Å²) in [5, 5.41) is 17.7. The van der Waals surface area contributed by atoms with Crippen LogP contribution in [0.4, 0.5) is 0 Å². The summed E-state index contributed by atoms with van der Waals surface area (Å²) in [4.78, 5) is 0. The first-order valence-corrected chi connectivity index (χ1v) is 2.67. The molecule has 0 aromatic carbocycles. The van der Waals surface area contributed by atoms with Crippen LogP contribution in [0.2, 0.25) is 0 Å². The van der Waals surface area contributed by atoms with Crippen molar-refractivity contribution in [1.82, 2.24) is 0 Å². The zero-order valence-electron chi connectivity index (χ0n) is 4.62. The van der Waals surface area contributed by atoms with E-state index in [2.05, 4.69) is 13.8 Å². The molecule has 0 amide bonds. The lowest BCUT2D eigenvalue weighted by Gasteiger charge is -2.32. The topological polar surface area (TPSA) is 40.5 Å². The number of hydrogen-bond donors (Lipinski definition) is 2. The molecule has 1 aliphatic rings. The second kappa shape index (κ2) is 1.57. The molecule has 0 saturated heterocycles. The highest BCUT2D eigenvalue weighted by atomic mass is 16.3. The van der Waals surface area contributed by atoms with E-state index >= 15 is 0 Å². The van der Waals surface area contributed by atoms with E-state index in [0.717, 1.165) is 0 Å². The fourth-order valence-electron chi connectivity index (χ4n) is 0.894. The van der Waals surface area contributed by atoms with E-state index in [1.165, 1.54) is 0 Å². The molecule has 8 heavy (non-hydrogen) atoms. The molecule has 44 valence electrons. The maximum Gasteiger partial charge on any atom is 0.156 e. The average molecular weight is 114 g/mol. The van der Waals surface area contributed by atoms with Gasteiger partial charge in [0, 0.05) is 0 Å². The van der Waals surface area contributed by atoms with Crippen LogP contribution in [0.1, 0.15) is 0 Å². The molecule has 0 spiro atoms. The van der Waals surface area contributed by atoms with Gasteiger partial charge in [0.15, 0.2) is 11.8 Å². The molecule has 2 nitrogen and oxygen atoms in total. The molecule has 0 bridgehead atoms. The van der Waals surface area contributed by atoms with Crippen LogP contribution < -0.4 is 0 Å². The molecule has 1 saturated carbocycles. The van der Waals surface area contributed by atoms with Gasteiger partial charge >= 0.3 is 0 Å². The van der Waals surface area contributed by atoms with Crippen LogP contribution >= 0.6 is 0 Å². The Morgan fingerprint density at radius 1 is 0.875 bits per heavy atom. The van der Waals surface area contributed by atoms with Crippen molar-refractivity contribution in [2.45, 2.75) is 12.2 Å². The third-order valence-corrected chi connectivity index (χ3v) is 1.75. The largest absolute Gasteiger partial charge is 0.383 e. The van der Waals surface area contributed by atoms with Crippen molar-refractivity contribution in [3.63, 3.8) is 0 Å². The van der Waals surface area contributed by atoms with Gasteiger partial charge < -0.3 is 10.2 Å². The molecule has 1 aliphatic carbocycles. The normalized spacial score (nSPS) is 55.2. The van der Waals surface area contributed by atoms with Crippen LogP contribution in [0.3, 0.4) is 0 Å². The van der Waals surface area contributed by atoms with Gasteiger partial charge in [-0.25, -0.2) is 0 Å². The van der Waals surface area contributed by atoms with Crippen molar-refractivity contribution in [3.8, 4) is 0 Å². The van der Waals surface area contributed by atoms with Crippen LogP contribution in [0.15, 0.2) is 0 Å². The molecular formula is C6H10O2+2. The van der Waals surface area contributed by atoms with Crippen molar-refractivity contribution >= 4 is 0 Å². The van der Waals surface area contributed by atoms with Crippen molar-refractivity contribution in [2.24, 2.45) is 11.8 Å². The highest BCUT2D eigenvalue weighted by molar-refractivity contribution is 4.99. The minimum Gasteiger partial charge on any atom is -0.383 e. The summed E-state index contributed by atoms with van der Waals surface area (Å²) in [5.41, 5.74) is 0. The average Bonchev–Trinajstić information content (AvgIpc) is 1.83. The molecule has 1 rings (SSSR count). The first-order chi connectivity index (χ1) is 3.64. The molecule has 0 aromatic heterocycles. The summed E-state index contributed by atoms with van der Waals surface area (Å²) in [6.07, 6.45) is -0.991. The molecule has 1 fully saturated rings. The second-order valence-electron chi connectivity index (χ2n) is 2.31. The number of hydrogen-bond acceptors (Lipinski definition) is 2. The van der Waals surface area contributed by atoms with Crippen molar-refractivity contribution < 1.29 is 10.2 Å². The lowest BCUT2D eigenvalue weighted by Crippen LogP contribution is -2.52.